The molecule has 0 spiro atoms. The summed E-state index contributed by atoms with van der Waals surface area (Å²) in [6.07, 6.45) is 4.42. The molecule has 1 aromatic rings. The van der Waals surface area contributed by atoms with E-state index in [0.717, 1.165) is 5.57 Å². The first-order valence-corrected chi connectivity index (χ1v) is 6.61. The van der Waals surface area contributed by atoms with Crippen LogP contribution in [0.25, 0.3) is 6.08 Å². The van der Waals surface area contributed by atoms with E-state index in [1.807, 2.05) is 0 Å². The Morgan fingerprint density at radius 1 is 1.33 bits per heavy atom. The van der Waals surface area contributed by atoms with E-state index < -0.39 is 17.0 Å². The lowest BCUT2D eigenvalue weighted by Crippen LogP contribution is -2.48. The molecule has 1 N–H and O–H groups in total. The summed E-state index contributed by atoms with van der Waals surface area (Å²) in [4.78, 5) is 23.1. The predicted octanol–water partition coefficient (Wildman–Crippen LogP) is 1.54. The van der Waals surface area contributed by atoms with E-state index in [1.165, 1.54) is 20.5 Å². The van der Waals surface area contributed by atoms with Gasteiger partial charge in [-0.25, -0.2) is 4.79 Å². The SMILES string of the molecule is COC(=O)c1cc(/C=C2\CC3(C(=O)OC)CC2(O)C3)co1. The second-order valence-electron chi connectivity index (χ2n) is 5.74. The summed E-state index contributed by atoms with van der Waals surface area (Å²) >= 11 is 0. The number of ether oxygens (including phenoxy) is 2. The summed E-state index contributed by atoms with van der Waals surface area (Å²) in [5.41, 5.74) is -0.113. The molecular weight excluding hydrogens is 276 g/mol. The van der Waals surface area contributed by atoms with Crippen molar-refractivity contribution in [2.45, 2.75) is 24.9 Å². The Balaban J connectivity index is 1.84. The van der Waals surface area contributed by atoms with Gasteiger partial charge < -0.3 is 19.0 Å². The van der Waals surface area contributed by atoms with E-state index in [1.54, 1.807) is 12.1 Å². The van der Waals surface area contributed by atoms with Crippen molar-refractivity contribution < 1.29 is 28.6 Å². The lowest BCUT2D eigenvalue weighted by atomic mass is 9.67. The summed E-state index contributed by atoms with van der Waals surface area (Å²) < 4.78 is 14.5. The molecule has 21 heavy (non-hydrogen) atoms. The molecule has 3 aliphatic rings. The highest BCUT2D eigenvalue weighted by Gasteiger charge is 2.67. The number of methoxy groups -OCH3 is 2. The molecule has 6 nitrogen and oxygen atoms in total. The highest BCUT2D eigenvalue weighted by atomic mass is 16.5. The van der Waals surface area contributed by atoms with E-state index in [2.05, 4.69) is 4.74 Å². The molecule has 0 aliphatic heterocycles. The Morgan fingerprint density at radius 2 is 2.05 bits per heavy atom. The number of furan rings is 1. The van der Waals surface area contributed by atoms with Gasteiger partial charge in [0.05, 0.1) is 31.5 Å². The molecule has 0 aromatic carbocycles. The maximum absolute atomic E-state index is 11.8. The Bertz CT molecular complexity index is 632. The first-order valence-electron chi connectivity index (χ1n) is 6.61. The number of hydrogen-bond acceptors (Lipinski definition) is 6. The van der Waals surface area contributed by atoms with E-state index in [0.29, 0.717) is 24.8 Å². The van der Waals surface area contributed by atoms with Crippen LogP contribution in [0.2, 0.25) is 0 Å². The molecule has 112 valence electrons. The van der Waals surface area contributed by atoms with Crippen molar-refractivity contribution in [1.82, 2.24) is 0 Å². The lowest BCUT2D eigenvalue weighted by molar-refractivity contribution is -0.166. The minimum absolute atomic E-state index is 0.101. The van der Waals surface area contributed by atoms with Gasteiger partial charge in [0.25, 0.3) is 0 Å². The quantitative estimate of drug-likeness (QED) is 0.850. The molecule has 2 bridgehead atoms. The fraction of sp³-hybridized carbons (Fsp3) is 0.467. The number of hydrogen-bond donors (Lipinski definition) is 1. The van der Waals surface area contributed by atoms with Crippen molar-refractivity contribution in [3.8, 4) is 0 Å². The molecular formula is C15H16O6. The van der Waals surface area contributed by atoms with Crippen LogP contribution in [0.1, 0.15) is 35.4 Å². The highest BCUT2D eigenvalue weighted by Crippen LogP contribution is 2.64. The first kappa shape index (κ1) is 13.9. The summed E-state index contributed by atoms with van der Waals surface area (Å²) in [5.74, 6) is -0.734. The molecule has 0 amide bonds. The normalized spacial score (nSPS) is 31.9. The topological polar surface area (TPSA) is 86.0 Å². The van der Waals surface area contributed by atoms with Gasteiger partial charge >= 0.3 is 11.9 Å². The molecule has 6 heteroatoms. The average molecular weight is 292 g/mol. The molecule has 0 unspecified atom stereocenters. The smallest absolute Gasteiger partial charge is 0.373 e. The van der Waals surface area contributed by atoms with Gasteiger partial charge in [0, 0.05) is 5.56 Å². The van der Waals surface area contributed by atoms with E-state index in [9.17, 15) is 14.7 Å². The van der Waals surface area contributed by atoms with Gasteiger partial charge in [-0.15, -0.1) is 0 Å². The highest BCUT2D eigenvalue weighted by molar-refractivity contribution is 5.87. The zero-order chi connectivity index (χ0) is 15.3. The number of esters is 2. The van der Waals surface area contributed by atoms with Gasteiger partial charge in [-0.3, -0.25) is 4.79 Å². The van der Waals surface area contributed by atoms with E-state index in [-0.39, 0.29) is 11.7 Å². The van der Waals surface area contributed by atoms with Crippen LogP contribution >= 0.6 is 0 Å². The van der Waals surface area contributed by atoms with Crippen LogP contribution in [0.4, 0.5) is 0 Å². The van der Waals surface area contributed by atoms with Gasteiger partial charge in [0.2, 0.25) is 5.76 Å². The van der Waals surface area contributed by atoms with E-state index in [4.69, 9.17) is 9.15 Å². The third kappa shape index (κ3) is 1.98. The monoisotopic (exact) mass is 292 g/mol. The maximum Gasteiger partial charge on any atom is 0.373 e. The van der Waals surface area contributed by atoms with Crippen LogP contribution in [0.5, 0.6) is 0 Å². The molecule has 4 rings (SSSR count). The van der Waals surface area contributed by atoms with Crippen LogP contribution in [-0.4, -0.2) is 36.9 Å². The Labute approximate surface area is 121 Å². The molecule has 1 heterocycles. The van der Waals surface area contributed by atoms with Crippen molar-refractivity contribution >= 4 is 18.0 Å². The summed E-state index contributed by atoms with van der Waals surface area (Å²) in [6, 6.07) is 1.54. The number of carbonyl (C=O) groups excluding carboxylic acids is 2. The number of rotatable bonds is 3. The summed E-state index contributed by atoms with van der Waals surface area (Å²) in [6.45, 7) is 0. The zero-order valence-corrected chi connectivity index (χ0v) is 11.8. The van der Waals surface area contributed by atoms with Gasteiger partial charge in [-0.2, -0.15) is 0 Å². The molecule has 3 aliphatic carbocycles. The predicted molar refractivity (Wildman–Crippen MR) is 71.3 cm³/mol. The number of fused-ring (bicyclic) bond motifs is 1. The summed E-state index contributed by atoms with van der Waals surface area (Å²) in [5, 5.41) is 10.5. The molecule has 3 fully saturated rings. The maximum atomic E-state index is 11.8. The Hall–Kier alpha value is -2.08. The van der Waals surface area contributed by atoms with Crippen molar-refractivity contribution in [2.75, 3.05) is 14.2 Å². The third-order valence-electron chi connectivity index (χ3n) is 4.35. The minimum atomic E-state index is -0.948. The second kappa shape index (κ2) is 4.46. The van der Waals surface area contributed by atoms with Gasteiger partial charge in [-0.1, -0.05) is 0 Å². The first-order chi connectivity index (χ1) is 9.92. The standard InChI is InChI=1S/C15H16O6/c1-19-12(16)11-4-9(6-21-11)3-10-5-14(13(17)20-2)7-15(10,18)8-14/h3-4,6,18H,5,7-8H2,1-2H3/b10-3+. The number of carbonyl (C=O) groups is 2. The van der Waals surface area contributed by atoms with Gasteiger partial charge in [-0.05, 0) is 37.0 Å². The summed E-state index contributed by atoms with van der Waals surface area (Å²) in [7, 11) is 2.63. The van der Waals surface area contributed by atoms with Crippen molar-refractivity contribution in [2.24, 2.45) is 5.41 Å². The van der Waals surface area contributed by atoms with Crippen LogP contribution in [-0.2, 0) is 14.3 Å². The molecule has 0 saturated heterocycles. The van der Waals surface area contributed by atoms with Crippen molar-refractivity contribution in [1.29, 1.82) is 0 Å². The zero-order valence-electron chi connectivity index (χ0n) is 11.8. The van der Waals surface area contributed by atoms with Gasteiger partial charge in [0.1, 0.15) is 0 Å². The van der Waals surface area contributed by atoms with Crippen LogP contribution in [0.15, 0.2) is 22.3 Å². The Morgan fingerprint density at radius 3 is 2.67 bits per heavy atom. The van der Waals surface area contributed by atoms with Crippen molar-refractivity contribution in [3.05, 3.63) is 29.2 Å². The molecule has 1 aromatic heterocycles. The fourth-order valence-electron chi connectivity index (χ4n) is 3.40. The van der Waals surface area contributed by atoms with E-state index >= 15 is 0 Å². The van der Waals surface area contributed by atoms with Crippen molar-refractivity contribution in [3.63, 3.8) is 0 Å². The van der Waals surface area contributed by atoms with Crippen LogP contribution < -0.4 is 0 Å². The molecule has 0 radical (unpaired) electrons. The third-order valence-corrected chi connectivity index (χ3v) is 4.35. The van der Waals surface area contributed by atoms with Gasteiger partial charge in [0.15, 0.2) is 0 Å². The van der Waals surface area contributed by atoms with Crippen LogP contribution in [0, 0.1) is 5.41 Å². The molecule has 3 saturated carbocycles. The average Bonchev–Trinajstić information content (AvgIpc) is 3.08. The fourth-order valence-corrected chi connectivity index (χ4v) is 3.40. The number of aliphatic hydroxyl groups is 1. The largest absolute Gasteiger partial charge is 0.469 e. The minimum Gasteiger partial charge on any atom is -0.469 e. The second-order valence-corrected chi connectivity index (χ2v) is 5.74. The Kier molecular flexibility index (Phi) is 2.95. The molecule has 0 atom stereocenters. The lowest BCUT2D eigenvalue weighted by Gasteiger charge is -2.41. The van der Waals surface area contributed by atoms with Crippen LogP contribution in [0.3, 0.4) is 0 Å².